The van der Waals surface area contributed by atoms with Crippen LogP contribution in [0.3, 0.4) is 0 Å². The van der Waals surface area contributed by atoms with Gasteiger partial charge in [0.15, 0.2) is 11.3 Å². The second-order valence-electron chi connectivity index (χ2n) is 17.1. The van der Waals surface area contributed by atoms with E-state index in [0.29, 0.717) is 60.4 Å². The fourth-order valence-electron chi connectivity index (χ4n) is 8.76. The van der Waals surface area contributed by atoms with Gasteiger partial charge in [0.1, 0.15) is 28.5 Å². The van der Waals surface area contributed by atoms with Crippen LogP contribution in [0.1, 0.15) is 80.5 Å². The third-order valence-electron chi connectivity index (χ3n) is 12.4. The van der Waals surface area contributed by atoms with E-state index >= 15 is 0 Å². The van der Waals surface area contributed by atoms with Gasteiger partial charge in [-0.05, 0) is 121 Å². The van der Waals surface area contributed by atoms with E-state index in [0.717, 1.165) is 28.4 Å². The maximum atomic E-state index is 14.8. The summed E-state index contributed by atoms with van der Waals surface area (Å²) in [6, 6.07) is 24.0. The largest absolute Gasteiger partial charge is 0.484 e. The monoisotopic (exact) mass is 939 g/mol. The van der Waals surface area contributed by atoms with Crippen LogP contribution in [-0.2, 0) is 30.1 Å². The number of hydrogen-bond donors (Lipinski definition) is 2. The number of hydrogen-bond acceptors (Lipinski definition) is 6. The molecule has 2 amide bonds. The van der Waals surface area contributed by atoms with Crippen LogP contribution in [0.25, 0.3) is 11.4 Å². The van der Waals surface area contributed by atoms with E-state index < -0.39 is 47.9 Å². The zero-order valence-electron chi connectivity index (χ0n) is 36.9. The maximum Gasteiger partial charge on any atom is 0.439 e. The van der Waals surface area contributed by atoms with Crippen molar-refractivity contribution in [1.29, 1.82) is 5.41 Å². The molecule has 0 radical (unpaired) electrons. The van der Waals surface area contributed by atoms with Crippen LogP contribution in [-0.4, -0.2) is 74.5 Å². The molecule has 1 aliphatic carbocycles. The van der Waals surface area contributed by atoms with Gasteiger partial charge in [-0.3, -0.25) is 14.5 Å². The average Bonchev–Trinajstić information content (AvgIpc) is 3.69. The van der Waals surface area contributed by atoms with Gasteiger partial charge in [0.2, 0.25) is 11.6 Å². The minimum Gasteiger partial charge on any atom is -0.484 e. The van der Waals surface area contributed by atoms with Crippen molar-refractivity contribution >= 4 is 18.0 Å². The lowest BCUT2D eigenvalue weighted by Crippen LogP contribution is -2.54. The molecule has 4 atom stereocenters. The number of benzene rings is 4. The summed E-state index contributed by atoms with van der Waals surface area (Å²) in [7, 11) is 0. The molecule has 0 spiro atoms. The second-order valence-corrected chi connectivity index (χ2v) is 17.1. The summed E-state index contributed by atoms with van der Waals surface area (Å²) < 4.78 is 108. The van der Waals surface area contributed by atoms with Crippen molar-refractivity contribution in [3.63, 3.8) is 0 Å². The topological polar surface area (TPSA) is 123 Å². The Morgan fingerprint density at radius 3 is 2.37 bits per heavy atom. The van der Waals surface area contributed by atoms with Crippen molar-refractivity contribution in [2.45, 2.75) is 63.7 Å². The molecule has 11 nitrogen and oxygen atoms in total. The molecular formula is C50H46F7N8O3+. The van der Waals surface area contributed by atoms with Crippen LogP contribution >= 0.6 is 0 Å². The predicted molar refractivity (Wildman–Crippen MR) is 236 cm³/mol. The van der Waals surface area contributed by atoms with E-state index in [1.54, 1.807) is 60.4 Å². The zero-order chi connectivity index (χ0) is 48.5. The van der Waals surface area contributed by atoms with Crippen LogP contribution < -0.4 is 15.2 Å². The molecule has 0 bridgehead atoms. The number of nitrogens with zero attached hydrogens (tertiary/aromatic N) is 6. The number of halogens is 7. The third-order valence-corrected chi connectivity index (χ3v) is 12.4. The molecular weight excluding hydrogens is 894 g/mol. The lowest BCUT2D eigenvalue weighted by Gasteiger charge is -2.40. The first kappa shape index (κ1) is 47.2. The molecule has 18 heteroatoms. The fourth-order valence-corrected chi connectivity index (χ4v) is 8.76. The van der Waals surface area contributed by atoms with E-state index in [1.165, 1.54) is 42.5 Å². The maximum absolute atomic E-state index is 14.8. The highest BCUT2D eigenvalue weighted by Crippen LogP contribution is 2.50. The lowest BCUT2D eigenvalue weighted by molar-refractivity contribution is -0.405. The van der Waals surface area contributed by atoms with Gasteiger partial charge in [0, 0.05) is 60.8 Å². The Labute approximate surface area is 387 Å². The summed E-state index contributed by atoms with van der Waals surface area (Å²) in [5.41, 5.74) is 0.397. The molecule has 1 saturated heterocycles. The van der Waals surface area contributed by atoms with Crippen LogP contribution in [0.15, 0.2) is 110 Å². The Morgan fingerprint density at radius 1 is 0.971 bits per heavy atom. The standard InChI is InChI=1S/C50H45F7N8O3/c1-4-45(66)63-19-18-62(28-31(63)3)29-44(35-11-8-30(2)43(51)23-35)68-41-16-12-33(13-17-41)48(67)59-25-38-27-61-65(47(38)50(55,56)57)40-7-5-6-34(21-40)42-22-36(42)20-32-9-14-39(15-10-32)64-46(49(52,53)54)37(24-58)26-60-64/h4-17,21,23-24,27,31,36,42,44,58H,1,18-20,22,25,28-29H2,2-3H3/p+1/t31-,36?,42-,44+/m1/s1. The van der Waals surface area contributed by atoms with Crippen molar-refractivity contribution in [2.75, 3.05) is 26.2 Å². The van der Waals surface area contributed by atoms with Crippen molar-refractivity contribution in [3.8, 4) is 17.1 Å². The van der Waals surface area contributed by atoms with E-state index in [-0.39, 0.29) is 52.1 Å². The molecule has 2 aromatic heterocycles. The molecule has 68 heavy (non-hydrogen) atoms. The minimum atomic E-state index is -4.83. The van der Waals surface area contributed by atoms with Crippen LogP contribution in [0, 0.1) is 30.3 Å². The quantitative estimate of drug-likeness (QED) is 0.0604. The van der Waals surface area contributed by atoms with Gasteiger partial charge in [0.25, 0.3) is 5.91 Å². The number of alkyl halides is 6. The number of piperazine rings is 1. The number of carbonyl (C=O) groups excluding carboxylic acids is 2. The van der Waals surface area contributed by atoms with Gasteiger partial charge in [-0.15, -0.1) is 0 Å². The van der Waals surface area contributed by atoms with Crippen molar-refractivity contribution in [2.24, 2.45) is 5.92 Å². The Morgan fingerprint density at radius 2 is 1.71 bits per heavy atom. The molecule has 1 aliphatic heterocycles. The summed E-state index contributed by atoms with van der Waals surface area (Å²) in [6.45, 7) is 8.70. The number of aryl methyl sites for hydroxylation is 1. The summed E-state index contributed by atoms with van der Waals surface area (Å²) >= 11 is 0. The van der Waals surface area contributed by atoms with Gasteiger partial charge in [0.05, 0.1) is 11.9 Å². The second kappa shape index (κ2) is 19.2. The predicted octanol–water partition coefficient (Wildman–Crippen LogP) is 8.66. The highest BCUT2D eigenvalue weighted by atomic mass is 19.4. The highest BCUT2D eigenvalue weighted by molar-refractivity contribution is 5.94. The normalized spacial score (nSPS) is 17.8. The lowest BCUT2D eigenvalue weighted by atomic mass is 10.0. The summed E-state index contributed by atoms with van der Waals surface area (Å²) in [4.78, 5) is 29.5. The number of amides is 2. The van der Waals surface area contributed by atoms with Gasteiger partial charge >= 0.3 is 18.5 Å². The zero-order valence-corrected chi connectivity index (χ0v) is 36.9. The minimum absolute atomic E-state index is 0.0275. The van der Waals surface area contributed by atoms with E-state index in [2.05, 4.69) is 33.2 Å². The molecule has 2 N–H and O–H groups in total. The van der Waals surface area contributed by atoms with Gasteiger partial charge in [-0.1, -0.05) is 43.0 Å². The average molecular weight is 940 g/mol. The molecule has 2 aliphatic rings. The van der Waals surface area contributed by atoms with Crippen molar-refractivity contribution < 1.29 is 50.2 Å². The van der Waals surface area contributed by atoms with Gasteiger partial charge < -0.3 is 20.4 Å². The third kappa shape index (κ3) is 10.3. The number of carbonyl (C=O) groups is 2. The van der Waals surface area contributed by atoms with Gasteiger partial charge in [-0.25, -0.2) is 9.07 Å². The van der Waals surface area contributed by atoms with Gasteiger partial charge in [-0.2, -0.15) is 31.4 Å². The first-order chi connectivity index (χ1) is 32.4. The van der Waals surface area contributed by atoms with E-state index in [9.17, 15) is 40.3 Å². The molecule has 4 aromatic carbocycles. The van der Waals surface area contributed by atoms with Crippen molar-refractivity contribution in [3.05, 3.63) is 172 Å². The van der Waals surface area contributed by atoms with E-state index in [4.69, 9.17) is 10.1 Å². The smallest absolute Gasteiger partial charge is 0.439 e. The Hall–Kier alpha value is -7.26. The fraction of sp³-hybridized carbons (Fsp3) is 0.300. The number of nitrogens with one attached hydrogen (secondary N) is 2. The Kier molecular flexibility index (Phi) is 13.3. The Balaban J connectivity index is 0.906. The molecule has 6 aromatic rings. The van der Waals surface area contributed by atoms with Crippen LogP contribution in [0.4, 0.5) is 30.7 Å². The molecule has 352 valence electrons. The van der Waals surface area contributed by atoms with Crippen molar-refractivity contribution in [1.82, 2.24) is 29.6 Å². The van der Waals surface area contributed by atoms with Crippen LogP contribution in [0.2, 0.25) is 0 Å². The molecule has 1 unspecified atom stereocenters. The number of rotatable bonds is 15. The number of ether oxygens (including phenoxy) is 1. The highest BCUT2D eigenvalue weighted by Gasteiger charge is 2.44. The summed E-state index contributed by atoms with van der Waals surface area (Å²) in [6.07, 6.45) is -3.72. The summed E-state index contributed by atoms with van der Waals surface area (Å²) in [5, 5.41) is 17.7. The van der Waals surface area contributed by atoms with E-state index in [1.807, 2.05) is 13.0 Å². The SMILES string of the molecule is C=CC(=O)N1CCN(C[C@H](Oc2ccc(C(=O)NCc3cnn(-c4cccc([C@H]5CC5Cc5ccc(-n6[n+]#cc(C=N)c6C(F)(F)F)cc5)c4)c3C(F)(F)F)cc2)c2ccc(C)c(F)c2)C[C@H]1C. The molecule has 2 fully saturated rings. The number of aromatic nitrogens is 4. The first-order valence-corrected chi connectivity index (χ1v) is 21.8. The molecule has 3 heterocycles. The van der Waals surface area contributed by atoms with Crippen LogP contribution in [0.5, 0.6) is 5.75 Å². The molecule has 1 saturated carbocycles. The molecule has 8 rings (SSSR count). The summed E-state index contributed by atoms with van der Waals surface area (Å²) in [5.74, 6) is -0.621. The Bertz CT molecular complexity index is 2820. The first-order valence-electron chi connectivity index (χ1n) is 21.8.